The molecular weight excluding hydrogens is 458 g/mol. The largest absolute Gasteiger partial charge is 0.488 e. The number of hydrogen-bond donors (Lipinski definition) is 3. The van der Waals surface area contributed by atoms with Crippen molar-refractivity contribution in [3.8, 4) is 18.1 Å². The molecule has 2 aromatic rings. The first-order valence-electron chi connectivity index (χ1n) is 8.90. The van der Waals surface area contributed by atoms with E-state index >= 15 is 0 Å². The van der Waals surface area contributed by atoms with Crippen molar-refractivity contribution in [1.29, 1.82) is 0 Å². The highest BCUT2D eigenvalue weighted by molar-refractivity contribution is 7.89. The zero-order valence-corrected chi connectivity index (χ0v) is 17.4. The van der Waals surface area contributed by atoms with Gasteiger partial charge in [0.2, 0.25) is 10.0 Å². The third kappa shape index (κ3) is 4.29. The number of nitrogens with one attached hydrogen (secondary N) is 2. The summed E-state index contributed by atoms with van der Waals surface area (Å²) in [5.74, 6) is -0.870. The number of alkyl halides is 3. The van der Waals surface area contributed by atoms with Crippen LogP contribution >= 0.6 is 0 Å². The maximum absolute atomic E-state index is 13.5. The van der Waals surface area contributed by atoms with Crippen LogP contribution in [0.4, 0.5) is 23.2 Å². The fourth-order valence-electron chi connectivity index (χ4n) is 3.01. The molecular formula is C19H17F4N3O5S. The second kappa shape index (κ2) is 7.80. The molecule has 2 atom stereocenters. The molecule has 0 saturated heterocycles. The van der Waals surface area contributed by atoms with Gasteiger partial charge < -0.3 is 19.7 Å². The molecule has 1 amide bonds. The minimum absolute atomic E-state index is 0.329. The molecule has 0 saturated carbocycles. The SMILES string of the molecule is C#C[C@](C)(O)[C@H]1COc2c(cn(C)c2C(=O)Nc2ccc(F)c(C(F)(F)F)c2)S(=O)(=O)N1. The number of hydrogen-bond acceptors (Lipinski definition) is 5. The highest BCUT2D eigenvalue weighted by Gasteiger charge is 2.41. The number of benzene rings is 1. The van der Waals surface area contributed by atoms with Gasteiger partial charge in [-0.1, -0.05) is 5.92 Å². The fourth-order valence-corrected chi connectivity index (χ4v) is 4.51. The number of sulfonamides is 1. The summed E-state index contributed by atoms with van der Waals surface area (Å²) in [6.45, 7) is 0.752. The molecule has 172 valence electrons. The van der Waals surface area contributed by atoms with Crippen molar-refractivity contribution in [2.75, 3.05) is 11.9 Å². The Hall–Kier alpha value is -3.08. The van der Waals surface area contributed by atoms with Crippen molar-refractivity contribution in [1.82, 2.24) is 9.29 Å². The van der Waals surface area contributed by atoms with Gasteiger partial charge in [-0.05, 0) is 25.1 Å². The first-order chi connectivity index (χ1) is 14.7. The average molecular weight is 475 g/mol. The van der Waals surface area contributed by atoms with Crippen molar-refractivity contribution in [2.24, 2.45) is 7.05 Å². The lowest BCUT2D eigenvalue weighted by atomic mass is 9.99. The molecule has 0 fully saturated rings. The van der Waals surface area contributed by atoms with Gasteiger partial charge in [0.25, 0.3) is 5.91 Å². The smallest absolute Gasteiger partial charge is 0.419 e. The van der Waals surface area contributed by atoms with E-state index < -0.39 is 56.6 Å². The summed E-state index contributed by atoms with van der Waals surface area (Å²) >= 11 is 0. The zero-order chi connectivity index (χ0) is 24.1. The van der Waals surface area contributed by atoms with E-state index in [0.29, 0.717) is 12.1 Å². The number of nitrogens with zero attached hydrogens (tertiary/aromatic N) is 1. The Morgan fingerprint density at radius 1 is 1.41 bits per heavy atom. The molecule has 0 radical (unpaired) electrons. The number of carbonyl (C=O) groups excluding carboxylic acids is 1. The average Bonchev–Trinajstić information content (AvgIpc) is 2.96. The van der Waals surface area contributed by atoms with Crippen LogP contribution in [-0.2, 0) is 23.2 Å². The van der Waals surface area contributed by atoms with Crippen LogP contribution in [0.5, 0.6) is 5.75 Å². The molecule has 1 aromatic heterocycles. The number of terminal acetylenes is 1. The van der Waals surface area contributed by atoms with Gasteiger partial charge in [-0.2, -0.15) is 13.2 Å². The number of anilines is 1. The molecule has 1 aliphatic rings. The van der Waals surface area contributed by atoms with Crippen LogP contribution in [-0.4, -0.2) is 42.2 Å². The second-order valence-corrected chi connectivity index (χ2v) is 8.89. The number of carbonyl (C=O) groups is 1. The molecule has 8 nitrogen and oxygen atoms in total. The van der Waals surface area contributed by atoms with Gasteiger partial charge in [0, 0.05) is 18.9 Å². The van der Waals surface area contributed by atoms with Gasteiger partial charge in [0.1, 0.15) is 22.9 Å². The summed E-state index contributed by atoms with van der Waals surface area (Å²) in [5.41, 5.74) is -4.20. The lowest BCUT2D eigenvalue weighted by Gasteiger charge is -2.26. The Labute approximate surface area is 180 Å². The molecule has 0 spiro atoms. The van der Waals surface area contributed by atoms with E-state index in [2.05, 4.69) is 10.0 Å². The van der Waals surface area contributed by atoms with Gasteiger partial charge in [0.05, 0.1) is 11.6 Å². The summed E-state index contributed by atoms with van der Waals surface area (Å²) in [6.07, 6.45) is 1.31. The van der Waals surface area contributed by atoms with E-state index in [-0.39, 0.29) is 17.1 Å². The Balaban J connectivity index is 1.99. The lowest BCUT2D eigenvalue weighted by molar-refractivity contribution is -0.139. The molecule has 0 bridgehead atoms. The van der Waals surface area contributed by atoms with E-state index in [9.17, 15) is 35.9 Å². The quantitative estimate of drug-likeness (QED) is 0.464. The minimum atomic E-state index is -4.99. The summed E-state index contributed by atoms with van der Waals surface area (Å²) in [7, 11) is -2.97. The molecule has 3 N–H and O–H groups in total. The molecule has 0 unspecified atom stereocenters. The number of halogens is 4. The first-order valence-corrected chi connectivity index (χ1v) is 10.4. The third-order valence-corrected chi connectivity index (χ3v) is 6.26. The molecule has 0 aliphatic carbocycles. The highest BCUT2D eigenvalue weighted by Crippen LogP contribution is 2.35. The van der Waals surface area contributed by atoms with E-state index in [1.54, 1.807) is 0 Å². The van der Waals surface area contributed by atoms with Crippen LogP contribution < -0.4 is 14.8 Å². The Morgan fingerprint density at radius 2 is 2.06 bits per heavy atom. The second-order valence-electron chi connectivity index (χ2n) is 7.21. The van der Waals surface area contributed by atoms with Gasteiger partial charge >= 0.3 is 6.18 Å². The number of amides is 1. The van der Waals surface area contributed by atoms with Crippen molar-refractivity contribution >= 4 is 21.6 Å². The predicted molar refractivity (Wildman–Crippen MR) is 104 cm³/mol. The van der Waals surface area contributed by atoms with Crippen LogP contribution in [0.2, 0.25) is 0 Å². The maximum atomic E-state index is 13.5. The number of rotatable bonds is 3. The van der Waals surface area contributed by atoms with Gasteiger partial charge in [-0.3, -0.25) is 4.79 Å². The first kappa shape index (κ1) is 23.6. The Morgan fingerprint density at radius 3 is 2.66 bits per heavy atom. The molecule has 13 heteroatoms. The van der Waals surface area contributed by atoms with E-state index in [1.807, 2.05) is 5.92 Å². The van der Waals surface area contributed by atoms with Crippen molar-refractivity contribution in [2.45, 2.75) is 29.6 Å². The van der Waals surface area contributed by atoms with Crippen LogP contribution in [0.3, 0.4) is 0 Å². The maximum Gasteiger partial charge on any atom is 0.419 e. The van der Waals surface area contributed by atoms with Crippen LogP contribution in [0.25, 0.3) is 0 Å². The molecule has 3 rings (SSSR count). The van der Waals surface area contributed by atoms with E-state index in [4.69, 9.17) is 11.2 Å². The van der Waals surface area contributed by atoms with Gasteiger partial charge in [-0.25, -0.2) is 17.5 Å². The summed E-state index contributed by atoms with van der Waals surface area (Å²) < 4.78 is 86.5. The summed E-state index contributed by atoms with van der Waals surface area (Å²) in [6, 6.07) is 0.622. The Bertz CT molecular complexity index is 1230. The number of aryl methyl sites for hydroxylation is 1. The van der Waals surface area contributed by atoms with Crippen molar-refractivity contribution < 1.29 is 40.6 Å². The third-order valence-electron chi connectivity index (χ3n) is 4.80. The lowest BCUT2D eigenvalue weighted by Crippen LogP contribution is -2.52. The zero-order valence-electron chi connectivity index (χ0n) is 16.6. The van der Waals surface area contributed by atoms with E-state index in [0.717, 1.165) is 16.8 Å². The van der Waals surface area contributed by atoms with Crippen LogP contribution in [0.15, 0.2) is 29.3 Å². The molecule has 1 aromatic carbocycles. The number of ether oxygens (including phenoxy) is 1. The number of aliphatic hydroxyl groups is 1. The predicted octanol–water partition coefficient (Wildman–Crippen LogP) is 1.86. The van der Waals surface area contributed by atoms with Crippen molar-refractivity contribution in [3.63, 3.8) is 0 Å². The Kier molecular flexibility index (Phi) is 5.75. The van der Waals surface area contributed by atoms with E-state index in [1.165, 1.54) is 14.0 Å². The highest BCUT2D eigenvalue weighted by atomic mass is 32.2. The summed E-state index contributed by atoms with van der Waals surface area (Å²) in [5, 5.41) is 12.4. The number of aromatic nitrogens is 1. The number of fused-ring (bicyclic) bond motifs is 1. The van der Waals surface area contributed by atoms with Gasteiger partial charge in [0.15, 0.2) is 11.4 Å². The molecule has 1 aliphatic heterocycles. The standard InChI is InChI=1S/C19H17F4N3O5S/c1-4-18(2,28)14-9-31-16-13(32(29,30)25-14)8-26(3)15(16)17(27)24-10-5-6-12(20)11(7-10)19(21,22)23/h1,5-8,14,25,28H,9H2,2-3H3,(H,24,27)/t14-,18+/m1/s1. The normalized spacial score (nSPS) is 19.6. The molecule has 2 heterocycles. The fraction of sp³-hybridized carbons (Fsp3) is 0.316. The topological polar surface area (TPSA) is 110 Å². The molecule has 32 heavy (non-hydrogen) atoms. The van der Waals surface area contributed by atoms with Crippen LogP contribution in [0.1, 0.15) is 23.0 Å². The monoisotopic (exact) mass is 475 g/mol. The van der Waals surface area contributed by atoms with Crippen molar-refractivity contribution in [3.05, 3.63) is 41.5 Å². The van der Waals surface area contributed by atoms with Crippen LogP contribution in [0, 0.1) is 18.2 Å². The van der Waals surface area contributed by atoms with Gasteiger partial charge in [-0.15, -0.1) is 6.42 Å². The minimum Gasteiger partial charge on any atom is -0.488 e. The summed E-state index contributed by atoms with van der Waals surface area (Å²) in [4.78, 5) is 12.4.